The molecule has 1 N–H and O–H groups in total. The van der Waals surface area contributed by atoms with Crippen LogP contribution >= 0.6 is 0 Å². The van der Waals surface area contributed by atoms with Gasteiger partial charge in [-0.3, -0.25) is 9.80 Å². The van der Waals surface area contributed by atoms with E-state index in [1.165, 1.54) is 25.7 Å². The number of aliphatic hydroxyl groups excluding tert-OH is 1. The lowest BCUT2D eigenvalue weighted by Crippen LogP contribution is -2.56. The third-order valence-corrected chi connectivity index (χ3v) is 6.00. The summed E-state index contributed by atoms with van der Waals surface area (Å²) in [4.78, 5) is 5.14. The van der Waals surface area contributed by atoms with Crippen molar-refractivity contribution in [2.45, 2.75) is 50.7 Å². The van der Waals surface area contributed by atoms with E-state index in [4.69, 9.17) is 14.2 Å². The Morgan fingerprint density at radius 2 is 1.67 bits per heavy atom. The van der Waals surface area contributed by atoms with Crippen molar-refractivity contribution in [3.05, 3.63) is 17.7 Å². The lowest BCUT2D eigenvalue weighted by molar-refractivity contribution is 0.0267. The van der Waals surface area contributed by atoms with Crippen LogP contribution in [0, 0.1) is 0 Å². The van der Waals surface area contributed by atoms with E-state index in [9.17, 15) is 5.11 Å². The van der Waals surface area contributed by atoms with E-state index in [-0.39, 0.29) is 6.61 Å². The van der Waals surface area contributed by atoms with Crippen molar-refractivity contribution in [3.63, 3.8) is 0 Å². The smallest absolute Gasteiger partial charge is 0.203 e. The first-order valence-electron chi connectivity index (χ1n) is 10.1. The summed E-state index contributed by atoms with van der Waals surface area (Å²) < 4.78 is 16.4. The third kappa shape index (κ3) is 4.68. The van der Waals surface area contributed by atoms with Crippen molar-refractivity contribution in [1.29, 1.82) is 0 Å². The predicted molar refractivity (Wildman–Crippen MR) is 106 cm³/mol. The molecular weight excluding hydrogens is 344 g/mol. The summed E-state index contributed by atoms with van der Waals surface area (Å²) in [6.07, 6.45) is 6.18. The molecule has 0 radical (unpaired) electrons. The Morgan fingerprint density at radius 1 is 1.00 bits per heavy atom. The van der Waals surface area contributed by atoms with E-state index in [0.717, 1.165) is 38.2 Å². The van der Waals surface area contributed by atoms with Gasteiger partial charge in [-0.15, -0.1) is 0 Å². The molecule has 1 aliphatic heterocycles. The van der Waals surface area contributed by atoms with Gasteiger partial charge in [0.1, 0.15) is 0 Å². The van der Waals surface area contributed by atoms with Gasteiger partial charge in [-0.1, -0.05) is 12.8 Å². The van der Waals surface area contributed by atoms with E-state index in [2.05, 4.69) is 9.80 Å². The summed E-state index contributed by atoms with van der Waals surface area (Å²) in [5.74, 6) is 2.03. The average Bonchev–Trinajstić information content (AvgIpc) is 3.22. The summed E-state index contributed by atoms with van der Waals surface area (Å²) in [5.41, 5.74) is 1.15. The van der Waals surface area contributed by atoms with E-state index < -0.39 is 0 Å². The molecule has 27 heavy (non-hydrogen) atoms. The highest BCUT2D eigenvalue weighted by Crippen LogP contribution is 2.38. The maximum atomic E-state index is 9.56. The molecule has 0 amide bonds. The number of aliphatic hydroxyl groups is 1. The van der Waals surface area contributed by atoms with Gasteiger partial charge in [-0.2, -0.15) is 0 Å². The van der Waals surface area contributed by atoms with Gasteiger partial charge in [0.25, 0.3) is 0 Å². The van der Waals surface area contributed by atoms with Gasteiger partial charge in [0.15, 0.2) is 11.5 Å². The van der Waals surface area contributed by atoms with Crippen LogP contribution in [0.3, 0.4) is 0 Å². The molecule has 0 aromatic heterocycles. The molecule has 1 aromatic rings. The molecule has 1 aliphatic carbocycles. The molecule has 152 valence electrons. The lowest BCUT2D eigenvalue weighted by Gasteiger charge is -2.44. The highest BCUT2D eigenvalue weighted by molar-refractivity contribution is 5.53. The Balaban J connectivity index is 1.70. The first kappa shape index (κ1) is 20.2. The van der Waals surface area contributed by atoms with Crippen molar-refractivity contribution in [2.24, 2.45) is 0 Å². The van der Waals surface area contributed by atoms with Gasteiger partial charge in [-0.05, 0) is 37.0 Å². The first-order chi connectivity index (χ1) is 13.2. The van der Waals surface area contributed by atoms with Crippen molar-refractivity contribution in [2.75, 3.05) is 47.6 Å². The zero-order valence-corrected chi connectivity index (χ0v) is 16.9. The standard InChI is InChI=1S/C21H34N2O4/c1-25-19-12-16(13-20(26-2)21(19)27-3)14-22-9-10-23(17-6-4-5-7-17)18(15-22)8-11-24/h12-13,17-18,24H,4-11,14-15H2,1-3H3/t18-/m0/s1. The zero-order valence-electron chi connectivity index (χ0n) is 16.9. The molecule has 2 aliphatic rings. The molecule has 3 rings (SSSR count). The van der Waals surface area contributed by atoms with Crippen LogP contribution in [0.4, 0.5) is 0 Å². The second-order valence-electron chi connectivity index (χ2n) is 7.61. The summed E-state index contributed by atoms with van der Waals surface area (Å²) >= 11 is 0. The Kier molecular flexibility index (Phi) is 7.21. The number of benzene rings is 1. The van der Waals surface area contributed by atoms with Crippen LogP contribution in [-0.4, -0.2) is 74.6 Å². The van der Waals surface area contributed by atoms with Crippen LogP contribution in [0.2, 0.25) is 0 Å². The first-order valence-corrected chi connectivity index (χ1v) is 10.1. The number of methoxy groups -OCH3 is 3. The van der Waals surface area contributed by atoms with Gasteiger partial charge in [0.2, 0.25) is 5.75 Å². The Labute approximate surface area is 163 Å². The van der Waals surface area contributed by atoms with Crippen LogP contribution in [0.1, 0.15) is 37.7 Å². The maximum absolute atomic E-state index is 9.56. The molecule has 2 fully saturated rings. The molecule has 6 nitrogen and oxygen atoms in total. The van der Waals surface area contributed by atoms with Crippen molar-refractivity contribution >= 4 is 0 Å². The summed E-state index contributed by atoms with van der Waals surface area (Å²) in [6, 6.07) is 5.22. The number of hydrogen-bond donors (Lipinski definition) is 1. The molecular formula is C21H34N2O4. The molecule has 1 aromatic carbocycles. The number of nitrogens with zero attached hydrogens (tertiary/aromatic N) is 2. The van der Waals surface area contributed by atoms with Crippen molar-refractivity contribution < 1.29 is 19.3 Å². The topological polar surface area (TPSA) is 54.4 Å². The van der Waals surface area contributed by atoms with Crippen LogP contribution in [-0.2, 0) is 6.54 Å². The Morgan fingerprint density at radius 3 is 2.22 bits per heavy atom. The minimum Gasteiger partial charge on any atom is -0.493 e. The molecule has 0 bridgehead atoms. The zero-order chi connectivity index (χ0) is 19.2. The molecule has 0 spiro atoms. The molecule has 6 heteroatoms. The van der Waals surface area contributed by atoms with Crippen LogP contribution in [0.5, 0.6) is 17.2 Å². The van der Waals surface area contributed by atoms with Crippen molar-refractivity contribution in [3.8, 4) is 17.2 Å². The third-order valence-electron chi connectivity index (χ3n) is 6.00. The van der Waals surface area contributed by atoms with Gasteiger partial charge in [0.05, 0.1) is 21.3 Å². The number of hydrogen-bond acceptors (Lipinski definition) is 6. The van der Waals surface area contributed by atoms with Crippen LogP contribution in [0.25, 0.3) is 0 Å². The predicted octanol–water partition coefficient (Wildman–Crippen LogP) is 2.52. The second kappa shape index (κ2) is 9.62. The van der Waals surface area contributed by atoms with E-state index in [1.54, 1.807) is 21.3 Å². The lowest BCUT2D eigenvalue weighted by atomic mass is 10.0. The fraction of sp³-hybridized carbons (Fsp3) is 0.714. The largest absolute Gasteiger partial charge is 0.493 e. The second-order valence-corrected chi connectivity index (χ2v) is 7.61. The number of ether oxygens (including phenoxy) is 3. The monoisotopic (exact) mass is 378 g/mol. The van der Waals surface area contributed by atoms with Crippen molar-refractivity contribution in [1.82, 2.24) is 9.80 Å². The normalized spacial score (nSPS) is 22.1. The summed E-state index contributed by atoms with van der Waals surface area (Å²) in [7, 11) is 4.93. The van der Waals surface area contributed by atoms with E-state index in [0.29, 0.717) is 29.3 Å². The summed E-state index contributed by atoms with van der Waals surface area (Å²) in [6.45, 7) is 4.23. The molecule has 1 saturated carbocycles. The minimum atomic E-state index is 0.256. The van der Waals surface area contributed by atoms with Gasteiger partial charge < -0.3 is 19.3 Å². The Hall–Kier alpha value is -1.50. The van der Waals surface area contributed by atoms with Gasteiger partial charge >= 0.3 is 0 Å². The highest BCUT2D eigenvalue weighted by atomic mass is 16.5. The molecule has 1 heterocycles. The minimum absolute atomic E-state index is 0.256. The highest BCUT2D eigenvalue weighted by Gasteiger charge is 2.33. The fourth-order valence-corrected chi connectivity index (χ4v) is 4.68. The quantitative estimate of drug-likeness (QED) is 0.750. The van der Waals surface area contributed by atoms with E-state index in [1.807, 2.05) is 12.1 Å². The summed E-state index contributed by atoms with van der Waals surface area (Å²) in [5, 5.41) is 9.56. The molecule has 0 unspecified atom stereocenters. The molecule has 1 atom stereocenters. The number of piperazine rings is 1. The van der Waals surface area contributed by atoms with Gasteiger partial charge in [-0.25, -0.2) is 0 Å². The average molecular weight is 379 g/mol. The van der Waals surface area contributed by atoms with Crippen LogP contribution in [0.15, 0.2) is 12.1 Å². The number of rotatable bonds is 8. The maximum Gasteiger partial charge on any atom is 0.203 e. The fourth-order valence-electron chi connectivity index (χ4n) is 4.68. The van der Waals surface area contributed by atoms with E-state index >= 15 is 0 Å². The SMILES string of the molecule is COc1cc(CN2CCN(C3CCCC3)[C@@H](CCO)C2)cc(OC)c1OC. The Bertz CT molecular complexity index is 579. The van der Waals surface area contributed by atoms with Gasteiger partial charge in [0, 0.05) is 44.9 Å². The molecule has 1 saturated heterocycles. The van der Waals surface area contributed by atoms with Crippen LogP contribution < -0.4 is 14.2 Å².